The van der Waals surface area contributed by atoms with Gasteiger partial charge in [-0.1, -0.05) is 324 Å². The number of benzene rings is 19. The van der Waals surface area contributed by atoms with Crippen molar-refractivity contribution in [2.75, 3.05) is 9.80 Å². The molecule has 23 aromatic rings. The van der Waals surface area contributed by atoms with Crippen LogP contribution in [-0.4, -0.2) is 15.8 Å². The van der Waals surface area contributed by atoms with Crippen LogP contribution in [0.3, 0.4) is 0 Å². The molecule has 6 nitrogen and oxygen atoms in total. The molecule has 0 atom stereocenters. The lowest BCUT2D eigenvalue weighted by Gasteiger charge is -2.46. The summed E-state index contributed by atoms with van der Waals surface area (Å²) in [6.45, 7) is 5.66. The Balaban J connectivity index is 0.913. The summed E-state index contributed by atoms with van der Waals surface area (Å²) >= 11 is 0. The zero-order valence-corrected chi connectivity index (χ0v) is 67.9. The predicted molar refractivity (Wildman–Crippen MR) is 526 cm³/mol. The van der Waals surface area contributed by atoms with Gasteiger partial charge in [0.25, 0.3) is 6.71 Å². The van der Waals surface area contributed by atoms with Gasteiger partial charge < -0.3 is 27.8 Å². The Morgan fingerprint density at radius 2 is 0.584 bits per heavy atom. The molecular formula is C118H79BN4O2. The minimum atomic E-state index is -0.901. The zero-order chi connectivity index (χ0) is 96.6. The van der Waals surface area contributed by atoms with Crippen LogP contribution in [0.5, 0.6) is 0 Å². The Bertz CT molecular complexity index is 8720. The van der Waals surface area contributed by atoms with Crippen molar-refractivity contribution < 1.29 is 30.8 Å². The van der Waals surface area contributed by atoms with E-state index in [1.807, 2.05) is 170 Å². The second kappa shape index (κ2) is 28.3. The molecule has 0 saturated heterocycles. The molecule has 6 heterocycles. The summed E-state index contributed by atoms with van der Waals surface area (Å²) in [5.74, 6) is 0. The summed E-state index contributed by atoms with van der Waals surface area (Å²) in [7, 11) is 0. The number of para-hydroxylation sites is 6. The van der Waals surface area contributed by atoms with Crippen LogP contribution >= 0.6 is 0 Å². The molecule has 2 aliphatic heterocycles. The summed E-state index contributed by atoms with van der Waals surface area (Å²) in [6, 6.07) is 103. The van der Waals surface area contributed by atoms with E-state index >= 15 is 0 Å². The number of fused-ring (bicyclic) bond motifs is 16. The first-order chi connectivity index (χ1) is 68.3. The van der Waals surface area contributed by atoms with E-state index in [2.05, 4.69) is 188 Å². The Morgan fingerprint density at radius 3 is 0.976 bits per heavy atom. The standard InChI is InChI=1S/C118H79BN4O2/c1-118(2,3)84-70-107-115-108(71-84)123(117-96(81-43-29-41-79(65-81)75-34-10-5-11-35-75)67-83(77-38-14-7-15-39-77)69-98(117)92-51-31-59-112-114(92)94-49-21-27-57-110(94)125-112)106-73-86(121-103-54-24-18-46-89(103)90-47-19-25-55-104(90)121)61-63-100(106)119(115)99-62-60-85(120-101-52-22-16-44-87(101)88-45-17-23-53-102(88)120)72-105(99)122(107)116-95(80-42-28-40-78(64-80)74-32-8-4-9-33-74)66-82(76-36-12-6-13-37-76)68-97(116)91-50-30-58-111-113(91)93-48-20-26-56-109(93)124-111/h4-73H,1-3H3/i16D,17D,18D,19D,22D,23D,24D,25D,44D,45D,46D,47D,52D,53D,54D,55D. The molecule has 0 saturated carbocycles. The number of rotatable bonds is 12. The van der Waals surface area contributed by atoms with Crippen molar-refractivity contribution in [1.29, 1.82) is 0 Å². The van der Waals surface area contributed by atoms with Crippen LogP contribution in [0.15, 0.2) is 433 Å². The van der Waals surface area contributed by atoms with Gasteiger partial charge in [-0.3, -0.25) is 0 Å². The lowest BCUT2D eigenvalue weighted by atomic mass is 9.33. The first kappa shape index (κ1) is 57.3. The Morgan fingerprint density at radius 1 is 0.256 bits per heavy atom. The van der Waals surface area contributed by atoms with E-state index in [4.69, 9.17) is 8.83 Å². The minimum absolute atomic E-state index is 0.0860. The third-order valence-corrected chi connectivity index (χ3v) is 25.3. The molecule has 19 aromatic carbocycles. The van der Waals surface area contributed by atoms with E-state index in [1.165, 1.54) is 0 Å². The molecular weight excluding hydrogens is 1520 g/mol. The molecule has 125 heavy (non-hydrogen) atoms. The summed E-state index contributed by atoms with van der Waals surface area (Å²) in [5.41, 5.74) is 22.3. The minimum Gasteiger partial charge on any atom is -0.456 e. The van der Waals surface area contributed by atoms with Gasteiger partial charge in [-0.15, -0.1) is 0 Å². The summed E-state index contributed by atoms with van der Waals surface area (Å²) in [6.07, 6.45) is 0. The fraction of sp³-hybridized carbons (Fsp3) is 0.0339. The van der Waals surface area contributed by atoms with Gasteiger partial charge in [0.2, 0.25) is 0 Å². The molecule has 586 valence electrons. The van der Waals surface area contributed by atoms with E-state index in [0.717, 1.165) is 122 Å². The molecule has 0 radical (unpaired) electrons. The molecule has 0 amide bonds. The average Bonchev–Trinajstić information content (AvgIpc) is 1.66. The van der Waals surface area contributed by atoms with Gasteiger partial charge in [0.15, 0.2) is 0 Å². The topological polar surface area (TPSA) is 42.6 Å². The molecule has 25 rings (SSSR count). The third-order valence-electron chi connectivity index (χ3n) is 25.3. The van der Waals surface area contributed by atoms with Gasteiger partial charge in [0, 0.05) is 99.5 Å². The summed E-state index contributed by atoms with van der Waals surface area (Å²) < 4.78 is 173. The molecule has 0 fully saturated rings. The van der Waals surface area contributed by atoms with Crippen molar-refractivity contribution in [3.63, 3.8) is 0 Å². The van der Waals surface area contributed by atoms with Gasteiger partial charge in [0.1, 0.15) is 22.3 Å². The largest absolute Gasteiger partial charge is 0.456 e. The van der Waals surface area contributed by atoms with Crippen LogP contribution in [0.4, 0.5) is 34.1 Å². The highest BCUT2D eigenvalue weighted by molar-refractivity contribution is 7.00. The van der Waals surface area contributed by atoms with Crippen molar-refractivity contribution in [1.82, 2.24) is 9.13 Å². The fourth-order valence-electron chi connectivity index (χ4n) is 19.7. The molecule has 4 aromatic heterocycles. The quantitative estimate of drug-likeness (QED) is 0.114. The predicted octanol–water partition coefficient (Wildman–Crippen LogP) is 30.4. The highest BCUT2D eigenvalue weighted by Gasteiger charge is 2.47. The molecule has 2 aliphatic rings. The van der Waals surface area contributed by atoms with Crippen LogP contribution in [0.1, 0.15) is 48.3 Å². The summed E-state index contributed by atoms with van der Waals surface area (Å²) in [5, 5.41) is 2.95. The second-order valence-corrected chi connectivity index (χ2v) is 33.4. The Labute approximate surface area is 746 Å². The van der Waals surface area contributed by atoms with Crippen LogP contribution in [-0.2, 0) is 5.41 Å². The van der Waals surface area contributed by atoms with E-state index in [9.17, 15) is 21.9 Å². The highest BCUT2D eigenvalue weighted by atomic mass is 16.3. The highest BCUT2D eigenvalue weighted by Crippen LogP contribution is 2.58. The first-order valence-corrected chi connectivity index (χ1v) is 42.0. The maximum atomic E-state index is 10.2. The van der Waals surface area contributed by atoms with Gasteiger partial charge in [-0.2, -0.15) is 0 Å². The number of furan rings is 2. The average molecular weight is 1610 g/mol. The smallest absolute Gasteiger partial charge is 0.252 e. The molecule has 0 aliphatic carbocycles. The number of hydrogen-bond donors (Lipinski definition) is 0. The molecule has 0 bridgehead atoms. The van der Waals surface area contributed by atoms with Crippen molar-refractivity contribution in [3.8, 4) is 100 Å². The Kier molecular flexibility index (Phi) is 13.0. The lowest BCUT2D eigenvalue weighted by molar-refractivity contribution is 0.590. The van der Waals surface area contributed by atoms with E-state index in [1.54, 1.807) is 9.13 Å². The van der Waals surface area contributed by atoms with Crippen LogP contribution in [0, 0.1) is 0 Å². The fourth-order valence-corrected chi connectivity index (χ4v) is 19.7. The number of nitrogens with zero attached hydrogens (tertiary/aromatic N) is 4. The van der Waals surface area contributed by atoms with Crippen molar-refractivity contribution in [2.45, 2.75) is 26.2 Å². The van der Waals surface area contributed by atoms with Crippen LogP contribution in [0.25, 0.3) is 188 Å². The monoisotopic (exact) mass is 1610 g/mol. The van der Waals surface area contributed by atoms with E-state index in [0.29, 0.717) is 67.4 Å². The number of anilines is 6. The summed E-state index contributed by atoms with van der Waals surface area (Å²) in [4.78, 5) is 4.71. The zero-order valence-electron chi connectivity index (χ0n) is 83.9. The SMILES string of the molecule is [2H]c1c([2H])c([2H])c2c(c1[2H])c1c([2H])c([2H])c([2H])c([2H])c1n2-c1ccc2c(c1)N(c1c(-c3cccc(-c4ccccc4)c3)cc(-c3ccccc3)cc1-c1cccc3oc4ccccc4c13)c1cc(C(C)(C)C)cc3c1B2c1ccc(-n2c4c([2H])c([2H])c([2H])c([2H])c4c4c([2H])c([2H])c([2H])c([2H])c42)cc1N3c1c(-c2cccc(-c3ccccc3)c2)cc(-c2ccccc2)cc1-c1cccc2oc3ccccc3c12. The molecule has 0 unspecified atom stereocenters. The maximum Gasteiger partial charge on any atom is 0.252 e. The Hall–Kier alpha value is -16.0. The number of hydrogen-bond acceptors (Lipinski definition) is 4. The van der Waals surface area contributed by atoms with Crippen molar-refractivity contribution >= 4 is 145 Å². The molecule has 0 N–H and O–H groups in total. The third kappa shape index (κ3) is 11.4. The molecule has 7 heteroatoms. The lowest BCUT2D eigenvalue weighted by Crippen LogP contribution is -2.61. The van der Waals surface area contributed by atoms with Crippen molar-refractivity contribution in [2.24, 2.45) is 0 Å². The first-order valence-electron chi connectivity index (χ1n) is 50.0. The normalized spacial score (nSPS) is 14.3. The van der Waals surface area contributed by atoms with Crippen molar-refractivity contribution in [3.05, 3.63) is 430 Å². The van der Waals surface area contributed by atoms with Gasteiger partial charge in [-0.25, -0.2) is 0 Å². The van der Waals surface area contributed by atoms with E-state index in [-0.39, 0.29) is 55.0 Å². The van der Waals surface area contributed by atoms with Gasteiger partial charge in [0.05, 0.1) is 55.4 Å². The van der Waals surface area contributed by atoms with Gasteiger partial charge in [-0.05, 0) is 215 Å². The second-order valence-electron chi connectivity index (χ2n) is 33.4. The molecule has 0 spiro atoms. The van der Waals surface area contributed by atoms with E-state index < -0.39 is 109 Å². The van der Waals surface area contributed by atoms with Crippen LogP contribution < -0.4 is 26.2 Å². The van der Waals surface area contributed by atoms with Gasteiger partial charge >= 0.3 is 0 Å². The number of aromatic nitrogens is 2. The van der Waals surface area contributed by atoms with Crippen LogP contribution in [0.2, 0.25) is 0 Å². The maximum absolute atomic E-state index is 10.2.